The monoisotopic (exact) mass is 383 g/mol. The molecule has 2 atom stereocenters. The number of carbonyl (C=O) groups excluding carboxylic acids is 3. The molecule has 0 spiro atoms. The van der Waals surface area contributed by atoms with Crippen LogP contribution in [0.15, 0.2) is 53.1 Å². The standard InChI is InChI=1S/C20H21N3O5/c24-18(22-8-10-28-17(13-22)14-5-2-1-3-6-14)11-16-19(25)23(20(26)21-16)12-15-7-4-9-27-15/h1-7,9,16-17H,8,10-13H2,(H,21,26)/t16-,17+/m0/s1. The van der Waals surface area contributed by atoms with Gasteiger partial charge in [0.15, 0.2) is 0 Å². The number of nitrogens with zero attached hydrogens (tertiary/aromatic N) is 2. The second-order valence-corrected chi connectivity index (χ2v) is 6.82. The molecule has 0 radical (unpaired) electrons. The van der Waals surface area contributed by atoms with E-state index in [0.29, 0.717) is 25.5 Å². The zero-order chi connectivity index (χ0) is 19.5. The van der Waals surface area contributed by atoms with Gasteiger partial charge in [-0.1, -0.05) is 30.3 Å². The third-order valence-electron chi connectivity index (χ3n) is 4.97. The van der Waals surface area contributed by atoms with E-state index >= 15 is 0 Å². The van der Waals surface area contributed by atoms with Crippen LogP contribution in [0.5, 0.6) is 0 Å². The van der Waals surface area contributed by atoms with Crippen molar-refractivity contribution in [1.82, 2.24) is 15.1 Å². The predicted octanol–water partition coefficient (Wildman–Crippen LogP) is 1.69. The van der Waals surface area contributed by atoms with Gasteiger partial charge in [0.1, 0.15) is 17.9 Å². The normalized spacial score (nSPS) is 22.4. The molecule has 0 unspecified atom stereocenters. The van der Waals surface area contributed by atoms with Crippen molar-refractivity contribution in [2.75, 3.05) is 19.7 Å². The van der Waals surface area contributed by atoms with Gasteiger partial charge in [0.2, 0.25) is 5.91 Å². The fourth-order valence-electron chi connectivity index (χ4n) is 3.47. The maximum atomic E-state index is 12.7. The maximum Gasteiger partial charge on any atom is 0.325 e. The number of urea groups is 1. The Hall–Kier alpha value is -3.13. The third-order valence-corrected chi connectivity index (χ3v) is 4.97. The molecule has 0 bridgehead atoms. The van der Waals surface area contributed by atoms with Crippen LogP contribution in [0.2, 0.25) is 0 Å². The van der Waals surface area contributed by atoms with Gasteiger partial charge in [-0.3, -0.25) is 14.5 Å². The van der Waals surface area contributed by atoms with Gasteiger partial charge in [-0.15, -0.1) is 0 Å². The lowest BCUT2D eigenvalue weighted by atomic mass is 10.1. The zero-order valence-electron chi connectivity index (χ0n) is 15.2. The summed E-state index contributed by atoms with van der Waals surface area (Å²) in [6.45, 7) is 1.37. The third kappa shape index (κ3) is 3.77. The molecule has 28 heavy (non-hydrogen) atoms. The highest BCUT2D eigenvalue weighted by Gasteiger charge is 2.40. The molecule has 3 heterocycles. The number of nitrogens with one attached hydrogen (secondary N) is 1. The maximum absolute atomic E-state index is 12.7. The molecule has 2 aromatic rings. The molecule has 146 valence electrons. The summed E-state index contributed by atoms with van der Waals surface area (Å²) in [5.41, 5.74) is 1.01. The summed E-state index contributed by atoms with van der Waals surface area (Å²) in [5, 5.41) is 2.60. The fraction of sp³-hybridized carbons (Fsp3) is 0.350. The molecule has 4 rings (SSSR count). The quantitative estimate of drug-likeness (QED) is 0.794. The molecule has 0 saturated carbocycles. The van der Waals surface area contributed by atoms with Gasteiger partial charge in [-0.25, -0.2) is 4.79 Å². The molecule has 1 aromatic heterocycles. The number of rotatable bonds is 5. The number of carbonyl (C=O) groups is 3. The SMILES string of the molecule is O=C(C[C@@H]1NC(=O)N(Cc2ccco2)C1=O)N1CCO[C@@H](c2ccccc2)C1. The largest absolute Gasteiger partial charge is 0.467 e. The predicted molar refractivity (Wildman–Crippen MR) is 97.9 cm³/mol. The first kappa shape index (κ1) is 18.2. The Balaban J connectivity index is 1.36. The highest BCUT2D eigenvalue weighted by atomic mass is 16.5. The average Bonchev–Trinajstić information content (AvgIpc) is 3.33. The first-order chi connectivity index (χ1) is 13.6. The van der Waals surface area contributed by atoms with Crippen molar-refractivity contribution in [2.45, 2.75) is 25.1 Å². The summed E-state index contributed by atoms with van der Waals surface area (Å²) in [7, 11) is 0. The minimum absolute atomic E-state index is 0.0516. The number of hydrogen-bond donors (Lipinski definition) is 1. The van der Waals surface area contributed by atoms with Gasteiger partial charge in [-0.05, 0) is 17.7 Å². The Morgan fingerprint density at radius 1 is 1.14 bits per heavy atom. The van der Waals surface area contributed by atoms with E-state index in [0.717, 1.165) is 10.5 Å². The molecule has 2 saturated heterocycles. The van der Waals surface area contributed by atoms with Gasteiger partial charge >= 0.3 is 6.03 Å². The van der Waals surface area contributed by atoms with E-state index < -0.39 is 18.0 Å². The van der Waals surface area contributed by atoms with Crippen molar-refractivity contribution in [1.29, 1.82) is 0 Å². The molecule has 4 amide bonds. The molecular weight excluding hydrogens is 362 g/mol. The average molecular weight is 383 g/mol. The number of ether oxygens (including phenoxy) is 1. The van der Waals surface area contributed by atoms with Crippen LogP contribution in [0.1, 0.15) is 23.8 Å². The van der Waals surface area contributed by atoms with Crippen molar-refractivity contribution < 1.29 is 23.5 Å². The first-order valence-electron chi connectivity index (χ1n) is 9.20. The summed E-state index contributed by atoms with van der Waals surface area (Å²) >= 11 is 0. The second kappa shape index (κ2) is 7.85. The number of benzene rings is 1. The second-order valence-electron chi connectivity index (χ2n) is 6.82. The Bertz CT molecular complexity index is 852. The highest BCUT2D eigenvalue weighted by molar-refractivity contribution is 6.05. The zero-order valence-corrected chi connectivity index (χ0v) is 15.2. The van der Waals surface area contributed by atoms with Crippen LogP contribution in [0, 0.1) is 0 Å². The van der Waals surface area contributed by atoms with Crippen LogP contribution >= 0.6 is 0 Å². The summed E-state index contributed by atoms with van der Waals surface area (Å²) in [6.07, 6.45) is 1.22. The van der Waals surface area contributed by atoms with E-state index in [9.17, 15) is 14.4 Å². The molecule has 2 aliphatic rings. The van der Waals surface area contributed by atoms with E-state index in [4.69, 9.17) is 9.15 Å². The fourth-order valence-corrected chi connectivity index (χ4v) is 3.47. The van der Waals surface area contributed by atoms with Crippen LogP contribution in [0.3, 0.4) is 0 Å². The van der Waals surface area contributed by atoms with Crippen LogP contribution in [-0.2, 0) is 20.9 Å². The molecule has 1 aromatic carbocycles. The van der Waals surface area contributed by atoms with E-state index in [1.165, 1.54) is 6.26 Å². The molecule has 1 N–H and O–H groups in total. The molecular formula is C20H21N3O5. The molecule has 0 aliphatic carbocycles. The lowest BCUT2D eigenvalue weighted by molar-refractivity contribution is -0.141. The van der Waals surface area contributed by atoms with Gasteiger partial charge < -0.3 is 19.4 Å². The van der Waals surface area contributed by atoms with E-state index in [-0.39, 0.29) is 25.0 Å². The minimum Gasteiger partial charge on any atom is -0.467 e. The number of furan rings is 1. The van der Waals surface area contributed by atoms with Crippen molar-refractivity contribution >= 4 is 17.8 Å². The van der Waals surface area contributed by atoms with E-state index in [1.54, 1.807) is 17.0 Å². The number of morpholine rings is 1. The van der Waals surface area contributed by atoms with Crippen molar-refractivity contribution in [3.05, 3.63) is 60.1 Å². The van der Waals surface area contributed by atoms with E-state index in [1.807, 2.05) is 30.3 Å². The minimum atomic E-state index is -0.854. The van der Waals surface area contributed by atoms with Gasteiger partial charge in [0.05, 0.1) is 32.4 Å². The lowest BCUT2D eigenvalue weighted by Crippen LogP contribution is -2.45. The topological polar surface area (TPSA) is 92.1 Å². The van der Waals surface area contributed by atoms with Crippen molar-refractivity contribution in [3.8, 4) is 0 Å². The number of hydrogen-bond acceptors (Lipinski definition) is 5. The Labute approximate surface area is 162 Å². The van der Waals surface area contributed by atoms with Crippen molar-refractivity contribution in [2.24, 2.45) is 0 Å². The molecule has 2 aliphatic heterocycles. The smallest absolute Gasteiger partial charge is 0.325 e. The van der Waals surface area contributed by atoms with Crippen LogP contribution in [0.25, 0.3) is 0 Å². The molecule has 8 heteroatoms. The Morgan fingerprint density at radius 3 is 2.71 bits per heavy atom. The van der Waals surface area contributed by atoms with Gasteiger partial charge in [0, 0.05) is 6.54 Å². The summed E-state index contributed by atoms with van der Waals surface area (Å²) in [6, 6.07) is 11.7. The summed E-state index contributed by atoms with van der Waals surface area (Å²) in [4.78, 5) is 40.2. The van der Waals surface area contributed by atoms with E-state index in [2.05, 4.69) is 5.32 Å². The van der Waals surface area contributed by atoms with Crippen molar-refractivity contribution in [3.63, 3.8) is 0 Å². The Morgan fingerprint density at radius 2 is 1.96 bits per heavy atom. The van der Waals surface area contributed by atoms with Crippen LogP contribution < -0.4 is 5.32 Å². The summed E-state index contributed by atoms with van der Waals surface area (Å²) < 4.78 is 11.0. The lowest BCUT2D eigenvalue weighted by Gasteiger charge is -2.33. The number of amides is 4. The Kier molecular flexibility index (Phi) is 5.12. The highest BCUT2D eigenvalue weighted by Crippen LogP contribution is 2.23. The molecule has 2 fully saturated rings. The van der Waals surface area contributed by atoms with Crippen LogP contribution in [-0.4, -0.2) is 53.4 Å². The van der Waals surface area contributed by atoms with Gasteiger partial charge in [-0.2, -0.15) is 0 Å². The summed E-state index contributed by atoms with van der Waals surface area (Å²) in [5.74, 6) is -0.0836. The first-order valence-corrected chi connectivity index (χ1v) is 9.20. The molecule has 8 nitrogen and oxygen atoms in total. The van der Waals surface area contributed by atoms with Gasteiger partial charge in [0.25, 0.3) is 5.91 Å². The number of imide groups is 1. The van der Waals surface area contributed by atoms with Crippen LogP contribution in [0.4, 0.5) is 4.79 Å².